The van der Waals surface area contributed by atoms with E-state index >= 15 is 0 Å². The van der Waals surface area contributed by atoms with Gasteiger partial charge in [0.05, 0.1) is 19.0 Å². The number of carbonyl (C=O) groups is 2. The van der Waals surface area contributed by atoms with Crippen LogP contribution in [0.1, 0.15) is 33.6 Å². The van der Waals surface area contributed by atoms with Crippen LogP contribution in [0.15, 0.2) is 60.4 Å². The molecule has 0 spiro atoms. The summed E-state index contributed by atoms with van der Waals surface area (Å²) in [5, 5.41) is 9.82. The summed E-state index contributed by atoms with van der Waals surface area (Å²) in [5.41, 5.74) is 1.20. The molecule has 0 saturated heterocycles. The van der Waals surface area contributed by atoms with Gasteiger partial charge in [0.25, 0.3) is 0 Å². The van der Waals surface area contributed by atoms with Crippen molar-refractivity contribution in [3.05, 3.63) is 71.5 Å². The van der Waals surface area contributed by atoms with E-state index in [1.54, 1.807) is 54.6 Å². The molecule has 0 amide bonds. The zero-order valence-electron chi connectivity index (χ0n) is 13.8. The van der Waals surface area contributed by atoms with E-state index < -0.39 is 0 Å². The van der Waals surface area contributed by atoms with Crippen LogP contribution in [0.2, 0.25) is 0 Å². The van der Waals surface area contributed by atoms with Gasteiger partial charge in [0.15, 0.2) is 0 Å². The van der Waals surface area contributed by atoms with Crippen LogP contribution >= 0.6 is 0 Å². The van der Waals surface area contributed by atoms with Crippen molar-refractivity contribution in [1.82, 2.24) is 0 Å². The molecule has 2 aromatic carbocycles. The molecule has 0 unspecified atom stereocenters. The van der Waals surface area contributed by atoms with Crippen molar-refractivity contribution in [2.24, 2.45) is 0 Å². The SMILES string of the molecule is O=Cc1ccc(OCCC=C(O)CCOc2ccc(C=O)cc2)cc1. The van der Waals surface area contributed by atoms with E-state index in [1.807, 2.05) is 0 Å². The summed E-state index contributed by atoms with van der Waals surface area (Å²) in [6, 6.07) is 13.6. The largest absolute Gasteiger partial charge is 0.513 e. The Labute approximate surface area is 146 Å². The fourth-order valence-electron chi connectivity index (χ4n) is 2.06. The lowest BCUT2D eigenvalue weighted by atomic mass is 10.2. The third-order valence-corrected chi connectivity index (χ3v) is 3.43. The van der Waals surface area contributed by atoms with Crippen LogP contribution in [0.25, 0.3) is 0 Å². The predicted molar refractivity (Wildman–Crippen MR) is 94.6 cm³/mol. The van der Waals surface area contributed by atoms with Crippen molar-refractivity contribution in [1.29, 1.82) is 0 Å². The summed E-state index contributed by atoms with van der Waals surface area (Å²) in [6.45, 7) is 0.773. The van der Waals surface area contributed by atoms with Gasteiger partial charge >= 0.3 is 0 Å². The van der Waals surface area contributed by atoms with Crippen LogP contribution in [0.4, 0.5) is 0 Å². The standard InChI is InChI=1S/C20H20O5/c21-14-16-3-7-19(8-4-16)24-12-1-2-18(23)11-13-25-20-9-5-17(15-22)6-10-20/h2-10,14-15,23H,1,11-13H2. The molecule has 0 aliphatic heterocycles. The van der Waals surface area contributed by atoms with E-state index in [0.717, 1.165) is 12.6 Å². The Hall–Kier alpha value is -3.08. The zero-order chi connectivity index (χ0) is 17.9. The van der Waals surface area contributed by atoms with E-state index in [4.69, 9.17) is 9.47 Å². The molecule has 0 saturated carbocycles. The van der Waals surface area contributed by atoms with Crippen molar-refractivity contribution >= 4 is 12.6 Å². The van der Waals surface area contributed by atoms with Gasteiger partial charge in [-0.1, -0.05) is 0 Å². The number of hydrogen-bond acceptors (Lipinski definition) is 5. The molecule has 1 N–H and O–H groups in total. The molecule has 130 valence electrons. The molecular formula is C20H20O5. The minimum atomic E-state index is 0.240. The number of hydrogen-bond donors (Lipinski definition) is 1. The highest BCUT2D eigenvalue weighted by molar-refractivity contribution is 5.75. The second-order valence-electron chi connectivity index (χ2n) is 5.30. The second-order valence-corrected chi connectivity index (χ2v) is 5.30. The molecule has 0 aliphatic carbocycles. The van der Waals surface area contributed by atoms with Gasteiger partial charge in [-0.15, -0.1) is 0 Å². The number of aliphatic hydroxyl groups excluding tert-OH is 1. The predicted octanol–water partition coefficient (Wildman–Crippen LogP) is 3.99. The Balaban J connectivity index is 1.65. The van der Waals surface area contributed by atoms with Gasteiger partial charge in [-0.05, 0) is 54.6 Å². The summed E-state index contributed by atoms with van der Waals surface area (Å²) in [4.78, 5) is 21.1. The van der Waals surface area contributed by atoms with Gasteiger partial charge in [-0.2, -0.15) is 0 Å². The molecule has 0 radical (unpaired) electrons. The molecule has 5 heteroatoms. The quantitative estimate of drug-likeness (QED) is 0.402. The third-order valence-electron chi connectivity index (χ3n) is 3.43. The second kappa shape index (κ2) is 9.93. The highest BCUT2D eigenvalue weighted by atomic mass is 16.5. The third kappa shape index (κ3) is 6.51. The molecule has 0 atom stereocenters. The smallest absolute Gasteiger partial charge is 0.150 e. The average Bonchev–Trinajstić information content (AvgIpc) is 2.66. The minimum absolute atomic E-state index is 0.240. The van der Waals surface area contributed by atoms with Crippen molar-refractivity contribution < 1.29 is 24.2 Å². The summed E-state index contributed by atoms with van der Waals surface area (Å²) in [6.07, 6.45) is 4.21. The fourth-order valence-corrected chi connectivity index (χ4v) is 2.06. The van der Waals surface area contributed by atoms with E-state index in [1.165, 1.54) is 0 Å². The zero-order valence-corrected chi connectivity index (χ0v) is 13.8. The topological polar surface area (TPSA) is 72.8 Å². The molecule has 0 aliphatic rings. The van der Waals surface area contributed by atoms with Gasteiger partial charge in [-0.25, -0.2) is 0 Å². The number of aldehydes is 2. The highest BCUT2D eigenvalue weighted by Gasteiger charge is 1.98. The van der Waals surface area contributed by atoms with Gasteiger partial charge in [-0.3, -0.25) is 9.59 Å². The van der Waals surface area contributed by atoms with Crippen LogP contribution in [0.3, 0.4) is 0 Å². The molecule has 0 fully saturated rings. The van der Waals surface area contributed by atoms with Crippen molar-refractivity contribution in [3.63, 3.8) is 0 Å². The fraction of sp³-hybridized carbons (Fsp3) is 0.200. The van der Waals surface area contributed by atoms with Crippen molar-refractivity contribution in [2.75, 3.05) is 13.2 Å². The summed E-state index contributed by atoms with van der Waals surface area (Å²) in [5.74, 6) is 1.57. The molecule has 25 heavy (non-hydrogen) atoms. The molecular weight excluding hydrogens is 320 g/mol. The summed E-state index contributed by atoms with van der Waals surface area (Å²) in [7, 11) is 0. The van der Waals surface area contributed by atoms with Crippen LogP contribution in [0, 0.1) is 0 Å². The van der Waals surface area contributed by atoms with Gasteiger partial charge in [0.2, 0.25) is 0 Å². The van der Waals surface area contributed by atoms with Crippen molar-refractivity contribution in [2.45, 2.75) is 12.8 Å². The van der Waals surface area contributed by atoms with E-state index in [0.29, 0.717) is 48.7 Å². The first kappa shape index (κ1) is 18.3. The highest BCUT2D eigenvalue weighted by Crippen LogP contribution is 2.13. The van der Waals surface area contributed by atoms with Gasteiger partial charge in [0.1, 0.15) is 24.1 Å². The number of benzene rings is 2. The van der Waals surface area contributed by atoms with Crippen molar-refractivity contribution in [3.8, 4) is 11.5 Å². The first-order chi connectivity index (χ1) is 12.2. The van der Waals surface area contributed by atoms with E-state index in [2.05, 4.69) is 0 Å². The molecule has 2 aromatic rings. The van der Waals surface area contributed by atoms with Crippen LogP contribution < -0.4 is 9.47 Å². The Morgan fingerprint density at radius 1 is 0.800 bits per heavy atom. The Morgan fingerprint density at radius 3 is 1.76 bits per heavy atom. The normalized spacial score (nSPS) is 11.0. The van der Waals surface area contributed by atoms with E-state index in [-0.39, 0.29) is 5.76 Å². The van der Waals surface area contributed by atoms with Crippen LogP contribution in [0.5, 0.6) is 11.5 Å². The average molecular weight is 340 g/mol. The monoisotopic (exact) mass is 340 g/mol. The summed E-state index contributed by atoms with van der Waals surface area (Å²) >= 11 is 0. The lowest BCUT2D eigenvalue weighted by Crippen LogP contribution is -2.00. The lowest BCUT2D eigenvalue weighted by Gasteiger charge is -2.07. The Morgan fingerprint density at radius 2 is 1.28 bits per heavy atom. The van der Waals surface area contributed by atoms with Gasteiger partial charge < -0.3 is 14.6 Å². The lowest BCUT2D eigenvalue weighted by molar-refractivity contribution is 0.111. The summed E-state index contributed by atoms with van der Waals surface area (Å²) < 4.78 is 11.0. The van der Waals surface area contributed by atoms with Crippen LogP contribution in [-0.2, 0) is 0 Å². The first-order valence-corrected chi connectivity index (χ1v) is 7.95. The molecule has 5 nitrogen and oxygen atoms in total. The number of ether oxygens (including phenoxy) is 2. The van der Waals surface area contributed by atoms with E-state index in [9.17, 15) is 14.7 Å². The molecule has 0 aromatic heterocycles. The minimum Gasteiger partial charge on any atom is -0.513 e. The number of aliphatic hydroxyl groups is 1. The molecule has 2 rings (SSSR count). The number of carbonyl (C=O) groups excluding carboxylic acids is 2. The molecule has 0 bridgehead atoms. The van der Waals surface area contributed by atoms with Crippen LogP contribution in [-0.4, -0.2) is 30.9 Å². The first-order valence-electron chi connectivity index (χ1n) is 7.95. The number of rotatable bonds is 10. The maximum Gasteiger partial charge on any atom is 0.150 e. The maximum absolute atomic E-state index is 10.6. The Kier molecular flexibility index (Phi) is 7.25. The molecule has 0 heterocycles. The Bertz CT molecular complexity index is 702. The van der Waals surface area contributed by atoms with Gasteiger partial charge in [0, 0.05) is 24.0 Å². The maximum atomic E-state index is 10.6.